The predicted octanol–water partition coefficient (Wildman–Crippen LogP) is 3.39. The number of methoxy groups -OCH3 is 2. The lowest BCUT2D eigenvalue weighted by Crippen LogP contribution is -2.34. The van der Waals surface area contributed by atoms with Crippen molar-refractivity contribution in [3.05, 3.63) is 60.7 Å². The summed E-state index contributed by atoms with van der Waals surface area (Å²) in [5, 5.41) is 14.4. The summed E-state index contributed by atoms with van der Waals surface area (Å²) >= 11 is 0. The number of para-hydroxylation sites is 2. The van der Waals surface area contributed by atoms with E-state index in [9.17, 15) is 13.2 Å². The molecule has 12 nitrogen and oxygen atoms in total. The minimum Gasteiger partial charge on any atom is -0.497 e. The van der Waals surface area contributed by atoms with Gasteiger partial charge in [-0.05, 0) is 38.4 Å². The number of hydrogen-bond donors (Lipinski definition) is 4. The van der Waals surface area contributed by atoms with Crippen molar-refractivity contribution in [1.29, 1.82) is 0 Å². The molecule has 0 saturated heterocycles. The molecule has 0 aliphatic heterocycles. The number of rotatable bonds is 10. The van der Waals surface area contributed by atoms with Gasteiger partial charge in [-0.1, -0.05) is 18.2 Å². The van der Waals surface area contributed by atoms with Crippen molar-refractivity contribution in [2.75, 3.05) is 52.0 Å². The van der Waals surface area contributed by atoms with Crippen molar-refractivity contribution in [1.82, 2.24) is 20.2 Å². The van der Waals surface area contributed by atoms with Crippen LogP contribution >= 0.6 is 0 Å². The van der Waals surface area contributed by atoms with E-state index in [-0.39, 0.29) is 27.7 Å². The summed E-state index contributed by atoms with van der Waals surface area (Å²) in [4.78, 5) is 24.0. The zero-order chi connectivity index (χ0) is 28.9. The van der Waals surface area contributed by atoms with Crippen LogP contribution in [0, 0.1) is 0 Å². The molecule has 2 amide bonds. The summed E-state index contributed by atoms with van der Waals surface area (Å²) in [5.41, 5.74) is 2.05. The quantitative estimate of drug-likeness (QED) is 0.226. The zero-order valence-electron chi connectivity index (χ0n) is 22.6. The van der Waals surface area contributed by atoms with E-state index in [1.165, 1.54) is 26.4 Å². The molecule has 1 aromatic heterocycles. The van der Waals surface area contributed by atoms with E-state index < -0.39 is 16.1 Å². The van der Waals surface area contributed by atoms with Gasteiger partial charge in [0.15, 0.2) is 5.82 Å². The molecule has 0 aliphatic rings. The normalized spacial score (nSPS) is 11.3. The molecule has 210 valence electrons. The maximum Gasteiger partial charge on any atom is 0.319 e. The maximum atomic E-state index is 12.8. The Morgan fingerprint density at radius 1 is 0.950 bits per heavy atom. The van der Waals surface area contributed by atoms with Gasteiger partial charge in [-0.3, -0.25) is 0 Å². The van der Waals surface area contributed by atoms with Crippen LogP contribution in [0.4, 0.5) is 22.0 Å². The largest absolute Gasteiger partial charge is 0.497 e. The second-order valence-electron chi connectivity index (χ2n) is 9.04. The molecule has 0 bridgehead atoms. The number of amides is 2. The third-order valence-corrected chi connectivity index (χ3v) is 6.80. The minimum atomic E-state index is -4.25. The number of carbonyl (C=O) groups excluding carboxylic acids is 1. The molecule has 1 heterocycles. The first-order valence-electron chi connectivity index (χ1n) is 12.2. The molecule has 0 spiro atoms. The number of urea groups is 1. The molecule has 13 heteroatoms. The number of sulfonamides is 1. The van der Waals surface area contributed by atoms with Gasteiger partial charge in [0.1, 0.15) is 17.2 Å². The summed E-state index contributed by atoms with van der Waals surface area (Å²) in [6.45, 7) is 0.995. The minimum absolute atomic E-state index is 0.0865. The van der Waals surface area contributed by atoms with E-state index in [1.54, 1.807) is 42.5 Å². The Balaban J connectivity index is 1.90. The van der Waals surface area contributed by atoms with Gasteiger partial charge < -0.3 is 30.3 Å². The lowest BCUT2D eigenvalue weighted by atomic mass is 10.1. The van der Waals surface area contributed by atoms with E-state index in [0.29, 0.717) is 41.3 Å². The fourth-order valence-electron chi connectivity index (χ4n) is 3.95. The molecule has 0 aliphatic carbocycles. The van der Waals surface area contributed by atoms with Gasteiger partial charge in [0.2, 0.25) is 10.0 Å². The van der Waals surface area contributed by atoms with Crippen molar-refractivity contribution in [2.45, 2.75) is 4.90 Å². The molecule has 40 heavy (non-hydrogen) atoms. The highest BCUT2D eigenvalue weighted by atomic mass is 32.2. The Kier molecular flexibility index (Phi) is 8.67. The lowest BCUT2D eigenvalue weighted by molar-refractivity contribution is 0.250. The smallest absolute Gasteiger partial charge is 0.319 e. The molecule has 0 unspecified atom stereocenters. The van der Waals surface area contributed by atoms with Crippen LogP contribution in [0.1, 0.15) is 0 Å². The molecule has 4 aromatic rings. The number of fused-ring (bicyclic) bond motifs is 1. The van der Waals surface area contributed by atoms with E-state index in [0.717, 1.165) is 0 Å². The number of likely N-dealkylation sites (N-methyl/N-ethyl adjacent to an activating group) is 1. The average Bonchev–Trinajstić information content (AvgIpc) is 2.91. The van der Waals surface area contributed by atoms with E-state index >= 15 is 0 Å². The van der Waals surface area contributed by atoms with Gasteiger partial charge in [-0.2, -0.15) is 0 Å². The average molecular weight is 566 g/mol. The number of hydrogen-bond acceptors (Lipinski definition) is 9. The number of nitrogens with two attached hydrogens (primary N) is 1. The summed E-state index contributed by atoms with van der Waals surface area (Å²) in [6, 6.07) is 16.2. The number of nitrogens with one attached hydrogen (secondary N) is 3. The highest BCUT2D eigenvalue weighted by molar-refractivity contribution is 7.89. The lowest BCUT2D eigenvalue weighted by Gasteiger charge is -2.19. The van der Waals surface area contributed by atoms with Crippen molar-refractivity contribution in [3.63, 3.8) is 0 Å². The number of anilines is 3. The molecule has 4 rings (SSSR count). The first-order valence-corrected chi connectivity index (χ1v) is 13.8. The zero-order valence-corrected chi connectivity index (χ0v) is 23.4. The summed E-state index contributed by atoms with van der Waals surface area (Å²) in [6.07, 6.45) is 0. The highest BCUT2D eigenvalue weighted by Gasteiger charge is 2.25. The monoisotopic (exact) mass is 565 g/mol. The Bertz CT molecular complexity index is 1620. The first kappa shape index (κ1) is 28.5. The van der Waals surface area contributed by atoms with E-state index in [2.05, 4.69) is 16.0 Å². The van der Waals surface area contributed by atoms with Crippen LogP contribution in [0.5, 0.6) is 11.5 Å². The van der Waals surface area contributed by atoms with Crippen LogP contribution in [0.2, 0.25) is 0 Å². The van der Waals surface area contributed by atoms with Gasteiger partial charge >= 0.3 is 6.03 Å². The molecule has 0 fully saturated rings. The molecule has 0 radical (unpaired) electrons. The Hall–Kier alpha value is -4.46. The van der Waals surface area contributed by atoms with E-state index in [1.807, 2.05) is 25.1 Å². The van der Waals surface area contributed by atoms with E-state index in [4.69, 9.17) is 24.6 Å². The van der Waals surface area contributed by atoms with Gasteiger partial charge in [0, 0.05) is 42.5 Å². The first-order chi connectivity index (χ1) is 19.1. The van der Waals surface area contributed by atoms with Crippen LogP contribution in [-0.4, -0.2) is 70.7 Å². The Morgan fingerprint density at radius 3 is 2.20 bits per heavy atom. The summed E-state index contributed by atoms with van der Waals surface area (Å²) in [5.74, 6) is 1.28. The number of nitrogens with zero attached hydrogens (tertiary/aromatic N) is 3. The summed E-state index contributed by atoms with van der Waals surface area (Å²) in [7, 11) is 2.59. The van der Waals surface area contributed by atoms with Crippen LogP contribution in [0.3, 0.4) is 0 Å². The van der Waals surface area contributed by atoms with Crippen LogP contribution < -0.4 is 30.6 Å². The van der Waals surface area contributed by atoms with Gasteiger partial charge in [0.25, 0.3) is 0 Å². The van der Waals surface area contributed by atoms with Crippen molar-refractivity contribution >= 4 is 44.3 Å². The molecule has 0 saturated carbocycles. The number of ether oxygens (including phenoxy) is 2. The van der Waals surface area contributed by atoms with Gasteiger partial charge in [-0.15, -0.1) is 0 Å². The van der Waals surface area contributed by atoms with Crippen molar-refractivity contribution in [2.24, 2.45) is 5.14 Å². The topological polar surface area (TPSA) is 161 Å². The summed E-state index contributed by atoms with van der Waals surface area (Å²) < 4.78 is 36.3. The molecular formula is C27H31N7O5S. The highest BCUT2D eigenvalue weighted by Crippen LogP contribution is 2.39. The second kappa shape index (κ2) is 12.2. The SMILES string of the molecule is COc1cc(Nc2nc3ccccc3nc2-c2c(NC(=O)NCCN(C)C)cccc2S(N)(=O)=O)cc(OC)c1. The van der Waals surface area contributed by atoms with Crippen molar-refractivity contribution < 1.29 is 22.7 Å². The third kappa shape index (κ3) is 6.75. The fraction of sp³-hybridized carbons (Fsp3) is 0.222. The standard InChI is InChI=1S/C27H31N7O5S/c1-34(2)13-12-29-27(35)33-22-10-7-11-23(40(28,36)37)24(22)25-26(32-21-9-6-5-8-20(21)31-25)30-17-14-18(38-3)16-19(15-17)39-4/h5-11,14-16H,12-13H2,1-4H3,(H,30,32)(H2,28,36,37)(H2,29,33,35). The molecule has 5 N–H and O–H groups in total. The van der Waals surface area contributed by atoms with Gasteiger partial charge in [-0.25, -0.2) is 28.3 Å². The molecular weight excluding hydrogens is 534 g/mol. The van der Waals surface area contributed by atoms with Crippen LogP contribution in [0.15, 0.2) is 65.6 Å². The van der Waals surface area contributed by atoms with Crippen LogP contribution in [0.25, 0.3) is 22.3 Å². The number of aromatic nitrogens is 2. The third-order valence-electron chi connectivity index (χ3n) is 5.85. The number of benzene rings is 3. The number of carbonyl (C=O) groups is 1. The van der Waals surface area contributed by atoms with Crippen molar-refractivity contribution in [3.8, 4) is 22.8 Å². The van der Waals surface area contributed by atoms with Gasteiger partial charge in [0.05, 0.1) is 35.8 Å². The molecule has 3 aromatic carbocycles. The second-order valence-corrected chi connectivity index (χ2v) is 10.6. The fourth-order valence-corrected chi connectivity index (χ4v) is 4.71. The Labute approximate surface area is 232 Å². The van der Waals surface area contributed by atoms with Crippen LogP contribution in [-0.2, 0) is 10.0 Å². The predicted molar refractivity (Wildman–Crippen MR) is 155 cm³/mol. The Morgan fingerprint density at radius 2 is 1.60 bits per heavy atom. The maximum absolute atomic E-state index is 12.8. The molecule has 0 atom stereocenters. The number of primary sulfonamides is 1.